The molecule has 1 aromatic rings. The van der Waals surface area contributed by atoms with E-state index in [1.165, 1.54) is 61.6 Å². The number of ketones is 1. The van der Waals surface area contributed by atoms with Crippen molar-refractivity contribution in [3.63, 3.8) is 0 Å². The van der Waals surface area contributed by atoms with Crippen LogP contribution < -0.4 is 0 Å². The number of Topliss-reactive ketones (excluding diaryl/α,β-unsaturated/α-hetero) is 1. The molecule has 1 aromatic carbocycles. The second-order valence-corrected chi connectivity index (χ2v) is 8.43. The molecule has 0 bridgehead atoms. The van der Waals surface area contributed by atoms with Crippen LogP contribution in [0.5, 0.6) is 0 Å². The van der Waals surface area contributed by atoms with Gasteiger partial charge in [0, 0.05) is 23.3 Å². The van der Waals surface area contributed by atoms with Gasteiger partial charge in [0.05, 0.1) is 4.83 Å². The first-order chi connectivity index (χ1) is 12.6. The van der Waals surface area contributed by atoms with Crippen LogP contribution >= 0.6 is 15.9 Å². The van der Waals surface area contributed by atoms with Crippen LogP contribution in [0.1, 0.15) is 113 Å². The normalized spacial score (nSPS) is 17.2. The van der Waals surface area contributed by atoms with Crippen LogP contribution in [-0.2, 0) is 22.2 Å². The molecule has 1 nitrogen and oxygen atoms in total. The zero-order chi connectivity index (χ0) is 19.5. The maximum atomic E-state index is 12.6. The first-order valence-corrected chi connectivity index (χ1v) is 11.8. The molecular formula is C25H42BrCrO-. The smallest absolute Gasteiger partial charge is 0.153 e. The Morgan fingerprint density at radius 1 is 1.04 bits per heavy atom. The summed E-state index contributed by atoms with van der Waals surface area (Å²) < 4.78 is 0. The molecule has 1 atom stereocenters. The van der Waals surface area contributed by atoms with Crippen molar-refractivity contribution in [2.45, 2.75) is 103 Å². The molecule has 2 aliphatic carbocycles. The molecule has 2 fully saturated rings. The average molecular weight is 491 g/mol. The van der Waals surface area contributed by atoms with Gasteiger partial charge in [-0.2, -0.15) is 0 Å². The van der Waals surface area contributed by atoms with E-state index in [0.717, 1.165) is 12.8 Å². The van der Waals surface area contributed by atoms with Crippen molar-refractivity contribution in [3.8, 4) is 0 Å². The van der Waals surface area contributed by atoms with Crippen LogP contribution in [0.2, 0.25) is 0 Å². The fraction of sp³-hybridized carbons (Fsp3) is 0.680. The third kappa shape index (κ3) is 8.33. The second-order valence-electron chi connectivity index (χ2n) is 7.51. The van der Waals surface area contributed by atoms with Gasteiger partial charge in [-0.25, -0.2) is 0 Å². The number of carbonyl (C=O) groups is 1. The Balaban J connectivity index is 0. The average Bonchev–Trinajstić information content (AvgIpc) is 2.62. The Labute approximate surface area is 194 Å². The predicted octanol–water partition coefficient (Wildman–Crippen LogP) is 8.74. The monoisotopic (exact) mass is 489 g/mol. The summed E-state index contributed by atoms with van der Waals surface area (Å²) in [6, 6.07) is 6.49. The third-order valence-corrected chi connectivity index (χ3v) is 6.35. The zero-order valence-corrected chi connectivity index (χ0v) is 21.9. The molecule has 0 spiro atoms. The van der Waals surface area contributed by atoms with E-state index < -0.39 is 0 Å². The minimum Gasteiger partial charge on any atom is -0.358 e. The zero-order valence-electron chi connectivity index (χ0n) is 19.0. The number of halogens is 1. The van der Waals surface area contributed by atoms with Gasteiger partial charge in [-0.15, -0.1) is 0 Å². The summed E-state index contributed by atoms with van der Waals surface area (Å²) in [5.74, 6) is 1.36. The molecule has 0 heterocycles. The van der Waals surface area contributed by atoms with Crippen LogP contribution in [0.25, 0.3) is 0 Å². The second kappa shape index (κ2) is 16.7. The van der Waals surface area contributed by atoms with Crippen molar-refractivity contribution in [2.24, 2.45) is 5.92 Å². The molecular weight excluding hydrogens is 448 g/mol. The molecule has 2 aliphatic rings. The topological polar surface area (TPSA) is 17.1 Å². The first-order valence-electron chi connectivity index (χ1n) is 10.9. The summed E-state index contributed by atoms with van der Waals surface area (Å²) in [6.07, 6.45) is 11.3. The maximum Gasteiger partial charge on any atom is 0.153 e. The fourth-order valence-electron chi connectivity index (χ4n) is 3.93. The van der Waals surface area contributed by atoms with Crippen molar-refractivity contribution in [1.29, 1.82) is 0 Å². The minimum absolute atomic E-state index is 0. The molecule has 2 saturated carbocycles. The molecule has 0 radical (unpaired) electrons. The van der Waals surface area contributed by atoms with Crippen molar-refractivity contribution < 1.29 is 22.2 Å². The summed E-state index contributed by atoms with van der Waals surface area (Å²) in [5.41, 5.74) is 4.08. The molecule has 3 heteroatoms. The fourth-order valence-corrected chi connectivity index (χ4v) is 4.70. The SMILES string of the molecule is CC.CCC.Cc1cccc(C(Br)C(=O)C2CCC2)c1C1CCCCC1.[CH3-].[Cr]. The van der Waals surface area contributed by atoms with Crippen LogP contribution in [0.4, 0.5) is 0 Å². The summed E-state index contributed by atoms with van der Waals surface area (Å²) >= 11 is 3.73. The molecule has 28 heavy (non-hydrogen) atoms. The van der Waals surface area contributed by atoms with E-state index in [4.69, 9.17) is 0 Å². The Morgan fingerprint density at radius 3 is 2.04 bits per heavy atom. The number of hydrogen-bond acceptors (Lipinski definition) is 1. The maximum absolute atomic E-state index is 12.6. The van der Waals surface area contributed by atoms with Gasteiger partial charge in [0.25, 0.3) is 0 Å². The van der Waals surface area contributed by atoms with Crippen LogP contribution in [0.15, 0.2) is 18.2 Å². The van der Waals surface area contributed by atoms with E-state index in [1.807, 2.05) is 13.8 Å². The van der Waals surface area contributed by atoms with Crippen molar-refractivity contribution in [3.05, 3.63) is 42.3 Å². The van der Waals surface area contributed by atoms with Crippen LogP contribution in [0.3, 0.4) is 0 Å². The number of hydrogen-bond donors (Lipinski definition) is 0. The number of rotatable bonds is 4. The number of benzene rings is 1. The van der Waals surface area contributed by atoms with E-state index >= 15 is 0 Å². The number of carbonyl (C=O) groups excluding carboxylic acids is 1. The van der Waals surface area contributed by atoms with Crippen LogP contribution in [-0.4, -0.2) is 5.78 Å². The van der Waals surface area contributed by atoms with E-state index in [0.29, 0.717) is 17.6 Å². The Morgan fingerprint density at radius 2 is 1.57 bits per heavy atom. The van der Waals surface area contributed by atoms with Crippen molar-refractivity contribution >= 4 is 21.7 Å². The predicted molar refractivity (Wildman–Crippen MR) is 125 cm³/mol. The molecule has 0 N–H and O–H groups in total. The minimum atomic E-state index is -0.0976. The van der Waals surface area contributed by atoms with E-state index in [9.17, 15) is 4.79 Å². The number of aryl methyl sites for hydroxylation is 1. The summed E-state index contributed by atoms with van der Waals surface area (Å²) in [4.78, 5) is 12.5. The van der Waals surface area contributed by atoms with Crippen molar-refractivity contribution in [1.82, 2.24) is 0 Å². The molecule has 0 saturated heterocycles. The van der Waals surface area contributed by atoms with Gasteiger partial charge in [-0.3, -0.25) is 4.79 Å². The Hall–Kier alpha value is -0.0975. The molecule has 0 aromatic heterocycles. The molecule has 0 amide bonds. The van der Waals surface area contributed by atoms with Crippen LogP contribution in [0, 0.1) is 20.3 Å². The molecule has 3 rings (SSSR count). The Bertz CT molecular complexity index is 533. The van der Waals surface area contributed by atoms with Gasteiger partial charge in [-0.05, 0) is 55.2 Å². The standard InChI is InChI=1S/C19H25BrO.C3H8.C2H6.CH3.Cr/c1-13-7-5-12-16(17(13)14-8-3-2-4-9-14)18(20)19(21)15-10-6-11-15;1-3-2;1-2;;/h5,7,12,14-15,18H,2-4,6,8-11H2,1H3;3H2,1-2H3;1-2H3;1H3;/q;;;-1;. The molecule has 1 unspecified atom stereocenters. The number of alkyl halides is 1. The summed E-state index contributed by atoms with van der Waals surface area (Å²) in [5, 5.41) is 0. The van der Waals surface area contributed by atoms with Gasteiger partial charge in [0.2, 0.25) is 0 Å². The van der Waals surface area contributed by atoms with Gasteiger partial charge in [0.15, 0.2) is 5.78 Å². The van der Waals surface area contributed by atoms with Gasteiger partial charge < -0.3 is 7.43 Å². The molecule has 162 valence electrons. The first kappa shape index (κ1) is 30.1. The van der Waals surface area contributed by atoms with Gasteiger partial charge in [0.1, 0.15) is 0 Å². The Kier molecular flexibility index (Phi) is 17.9. The summed E-state index contributed by atoms with van der Waals surface area (Å²) in [7, 11) is 0. The molecule has 0 aliphatic heterocycles. The van der Waals surface area contributed by atoms with Crippen molar-refractivity contribution in [2.75, 3.05) is 0 Å². The quantitative estimate of drug-likeness (QED) is 0.305. The third-order valence-electron chi connectivity index (χ3n) is 5.40. The van der Waals surface area contributed by atoms with E-state index in [1.54, 1.807) is 0 Å². The van der Waals surface area contributed by atoms with Gasteiger partial charge >= 0.3 is 0 Å². The van der Waals surface area contributed by atoms with Gasteiger partial charge in [-0.1, -0.05) is 93.9 Å². The van der Waals surface area contributed by atoms with E-state index in [2.05, 4.69) is 54.9 Å². The largest absolute Gasteiger partial charge is 0.358 e. The van der Waals surface area contributed by atoms with E-state index in [-0.39, 0.29) is 29.6 Å². The summed E-state index contributed by atoms with van der Waals surface area (Å²) in [6.45, 7) is 10.5.